The third-order valence-corrected chi connectivity index (χ3v) is 8.85. The third kappa shape index (κ3) is 29.2. The number of rotatable bonds is 33. The fourth-order valence-corrected chi connectivity index (χ4v) is 5.79. The second-order valence-electron chi connectivity index (χ2n) is 12.9. The Morgan fingerprint density at radius 1 is 0.660 bits per heavy atom. The highest BCUT2D eigenvalue weighted by molar-refractivity contribution is 7.46. The van der Waals surface area contributed by atoms with Crippen LogP contribution in [0.15, 0.2) is 24.3 Å². The molecule has 274 valence electrons. The van der Waals surface area contributed by atoms with Crippen molar-refractivity contribution in [3.8, 4) is 0 Å². The molecule has 2 unspecified atom stereocenters. The number of unbranched alkanes of at least 4 members (excludes halogenated alkanes) is 16. The highest BCUT2D eigenvalue weighted by Crippen LogP contribution is 2.36. The Balaban J connectivity index is 2.11. The van der Waals surface area contributed by atoms with Gasteiger partial charge in [0.15, 0.2) is 6.10 Å². The van der Waals surface area contributed by atoms with Crippen LogP contribution in [-0.4, -0.2) is 53.3 Å². The van der Waals surface area contributed by atoms with Gasteiger partial charge in [0.05, 0.1) is 18.8 Å². The molecular weight excluding hydrogens is 619 g/mol. The van der Waals surface area contributed by atoms with Gasteiger partial charge in [-0.1, -0.05) is 115 Å². The molecular formula is C37H67O9P. The zero-order valence-electron chi connectivity index (χ0n) is 29.6. The first-order valence-corrected chi connectivity index (χ1v) is 20.3. The number of ether oxygens (including phenoxy) is 3. The lowest BCUT2D eigenvalue weighted by atomic mass is 10.1. The Hall–Kier alpha value is -1.51. The number of allylic oxidation sites excluding steroid dienone is 3. The van der Waals surface area contributed by atoms with Crippen LogP contribution >= 0.6 is 7.82 Å². The van der Waals surface area contributed by atoms with Crippen LogP contribution in [0.5, 0.6) is 0 Å². The van der Waals surface area contributed by atoms with E-state index in [1.807, 2.05) is 0 Å². The molecule has 2 N–H and O–H groups in total. The predicted octanol–water partition coefficient (Wildman–Crippen LogP) is 9.83. The molecule has 3 atom stereocenters. The number of carbonyl (C=O) groups excluding carboxylic acids is 2. The SMILES string of the molecule is CCCCC/C=C\CC1OC1CCCCCCCC(=O)OC[C@H](COP(=O)(O)O)OC(=O)CCCCCCC/C=C\CCCCCC. The summed E-state index contributed by atoms with van der Waals surface area (Å²) in [4.78, 5) is 42.7. The first-order chi connectivity index (χ1) is 22.7. The van der Waals surface area contributed by atoms with Gasteiger partial charge in [-0.3, -0.25) is 14.1 Å². The molecule has 1 saturated heterocycles. The number of phosphoric ester groups is 1. The van der Waals surface area contributed by atoms with Gasteiger partial charge in [0, 0.05) is 12.8 Å². The predicted molar refractivity (Wildman–Crippen MR) is 188 cm³/mol. The second-order valence-corrected chi connectivity index (χ2v) is 14.2. The van der Waals surface area contributed by atoms with Crippen molar-refractivity contribution >= 4 is 19.8 Å². The van der Waals surface area contributed by atoms with Crippen molar-refractivity contribution in [3.05, 3.63) is 24.3 Å². The van der Waals surface area contributed by atoms with E-state index < -0.39 is 32.5 Å². The van der Waals surface area contributed by atoms with E-state index >= 15 is 0 Å². The van der Waals surface area contributed by atoms with Crippen LogP contribution in [0.1, 0.15) is 168 Å². The van der Waals surface area contributed by atoms with Gasteiger partial charge < -0.3 is 24.0 Å². The molecule has 9 nitrogen and oxygen atoms in total. The maximum atomic E-state index is 12.3. The molecule has 0 spiro atoms. The molecule has 0 saturated carbocycles. The van der Waals surface area contributed by atoms with Crippen molar-refractivity contribution < 1.29 is 42.7 Å². The quantitative estimate of drug-likeness (QED) is 0.0228. The maximum Gasteiger partial charge on any atom is 0.469 e. The molecule has 0 bridgehead atoms. The molecule has 0 aromatic carbocycles. The molecule has 1 aliphatic rings. The number of phosphoric acid groups is 1. The van der Waals surface area contributed by atoms with Crippen molar-refractivity contribution in [2.75, 3.05) is 13.2 Å². The fourth-order valence-electron chi connectivity index (χ4n) is 5.43. The molecule has 1 aliphatic heterocycles. The van der Waals surface area contributed by atoms with E-state index in [-0.39, 0.29) is 19.4 Å². The summed E-state index contributed by atoms with van der Waals surface area (Å²) in [6.07, 6.45) is 33.5. The van der Waals surface area contributed by atoms with Gasteiger partial charge in [-0.05, 0) is 64.2 Å². The minimum Gasteiger partial charge on any atom is -0.462 e. The van der Waals surface area contributed by atoms with Crippen molar-refractivity contribution in [3.63, 3.8) is 0 Å². The van der Waals surface area contributed by atoms with Gasteiger partial charge >= 0.3 is 19.8 Å². The van der Waals surface area contributed by atoms with E-state index in [9.17, 15) is 14.2 Å². The summed E-state index contributed by atoms with van der Waals surface area (Å²) < 4.78 is 32.1. The Kier molecular flexibility index (Phi) is 27.2. The van der Waals surface area contributed by atoms with E-state index in [4.69, 9.17) is 24.0 Å². The normalized spacial score (nSPS) is 17.0. The summed E-state index contributed by atoms with van der Waals surface area (Å²) in [5.74, 6) is -0.918. The van der Waals surface area contributed by atoms with Crippen molar-refractivity contribution in [1.29, 1.82) is 0 Å². The van der Waals surface area contributed by atoms with Gasteiger partial charge in [-0.25, -0.2) is 4.57 Å². The zero-order valence-corrected chi connectivity index (χ0v) is 30.5. The molecule has 47 heavy (non-hydrogen) atoms. The molecule has 0 amide bonds. The first-order valence-electron chi connectivity index (χ1n) is 18.8. The summed E-state index contributed by atoms with van der Waals surface area (Å²) in [7, 11) is -4.76. The van der Waals surface area contributed by atoms with Crippen LogP contribution in [0.2, 0.25) is 0 Å². The van der Waals surface area contributed by atoms with Crippen LogP contribution in [0, 0.1) is 0 Å². The first kappa shape index (κ1) is 43.5. The molecule has 1 fully saturated rings. The van der Waals surface area contributed by atoms with Crippen molar-refractivity contribution in [2.45, 2.75) is 186 Å². The molecule has 0 aliphatic carbocycles. The van der Waals surface area contributed by atoms with Crippen LogP contribution in [0.3, 0.4) is 0 Å². The van der Waals surface area contributed by atoms with E-state index in [1.165, 1.54) is 44.9 Å². The molecule has 0 aromatic rings. The smallest absolute Gasteiger partial charge is 0.462 e. The minimum absolute atomic E-state index is 0.196. The molecule has 10 heteroatoms. The number of carbonyl (C=O) groups is 2. The van der Waals surface area contributed by atoms with Crippen LogP contribution in [0.25, 0.3) is 0 Å². The lowest BCUT2D eigenvalue weighted by Gasteiger charge is -2.18. The highest BCUT2D eigenvalue weighted by Gasteiger charge is 2.36. The van der Waals surface area contributed by atoms with E-state index in [0.717, 1.165) is 83.5 Å². The molecule has 0 radical (unpaired) electrons. The summed E-state index contributed by atoms with van der Waals surface area (Å²) >= 11 is 0. The average Bonchev–Trinajstić information content (AvgIpc) is 3.79. The number of esters is 2. The van der Waals surface area contributed by atoms with Crippen molar-refractivity contribution in [1.82, 2.24) is 0 Å². The van der Waals surface area contributed by atoms with Gasteiger partial charge in [-0.2, -0.15) is 0 Å². The lowest BCUT2D eigenvalue weighted by Crippen LogP contribution is -2.29. The van der Waals surface area contributed by atoms with E-state index in [0.29, 0.717) is 25.0 Å². The number of epoxide rings is 1. The van der Waals surface area contributed by atoms with Crippen molar-refractivity contribution in [2.24, 2.45) is 0 Å². The summed E-state index contributed by atoms with van der Waals surface area (Å²) in [5.41, 5.74) is 0. The summed E-state index contributed by atoms with van der Waals surface area (Å²) in [6, 6.07) is 0. The number of hydrogen-bond donors (Lipinski definition) is 2. The minimum atomic E-state index is -4.76. The average molecular weight is 687 g/mol. The Labute approximate surface area is 285 Å². The summed E-state index contributed by atoms with van der Waals surface area (Å²) in [6.45, 7) is 3.60. The molecule has 0 aromatic heterocycles. The highest BCUT2D eigenvalue weighted by atomic mass is 31.2. The monoisotopic (exact) mass is 686 g/mol. The Bertz CT molecular complexity index is 885. The standard InChI is InChI=1S/C37H67O9P/c1-3-5-7-9-11-12-13-14-15-16-17-21-26-30-37(39)45-33(32-44-47(40,41)42)31-43-36(38)29-25-22-18-20-24-28-35-34(46-35)27-23-19-10-8-6-4-2/h12-13,19,23,33-35H,3-11,14-18,20-22,24-32H2,1-2H3,(H2,40,41,42)/b13-12-,23-19-/t33-,34?,35?/m1/s1. The van der Waals surface area contributed by atoms with Crippen LogP contribution in [0.4, 0.5) is 0 Å². The van der Waals surface area contributed by atoms with E-state index in [2.05, 4.69) is 42.7 Å². The van der Waals surface area contributed by atoms with Gasteiger partial charge in [-0.15, -0.1) is 0 Å². The van der Waals surface area contributed by atoms with Gasteiger partial charge in [0.2, 0.25) is 0 Å². The second kappa shape index (κ2) is 29.4. The van der Waals surface area contributed by atoms with Crippen LogP contribution < -0.4 is 0 Å². The fraction of sp³-hybridized carbons (Fsp3) is 0.838. The van der Waals surface area contributed by atoms with Gasteiger partial charge in [0.1, 0.15) is 6.61 Å². The van der Waals surface area contributed by atoms with Crippen LogP contribution in [-0.2, 0) is 32.9 Å². The number of hydrogen-bond acceptors (Lipinski definition) is 7. The Morgan fingerprint density at radius 3 is 1.81 bits per heavy atom. The van der Waals surface area contributed by atoms with Gasteiger partial charge in [0.25, 0.3) is 0 Å². The summed E-state index contributed by atoms with van der Waals surface area (Å²) in [5, 5.41) is 0. The van der Waals surface area contributed by atoms with E-state index in [1.54, 1.807) is 0 Å². The Morgan fingerprint density at radius 2 is 1.17 bits per heavy atom. The topological polar surface area (TPSA) is 132 Å². The molecule has 1 rings (SSSR count). The maximum absolute atomic E-state index is 12.3. The lowest BCUT2D eigenvalue weighted by molar-refractivity contribution is -0.161. The molecule has 1 heterocycles. The zero-order chi connectivity index (χ0) is 34.4. The third-order valence-electron chi connectivity index (χ3n) is 8.37. The largest absolute Gasteiger partial charge is 0.469 e.